The number of hydrogen-bond acceptors (Lipinski definition) is 7. The number of carbonyl (C=O) groups is 2. The molecule has 2 aliphatic rings. The van der Waals surface area contributed by atoms with Crippen LogP contribution in [0, 0.1) is 5.82 Å². The summed E-state index contributed by atoms with van der Waals surface area (Å²) in [5.74, 6) is -0.606. The molecule has 1 heterocycles. The van der Waals surface area contributed by atoms with E-state index in [4.69, 9.17) is 9.47 Å². The van der Waals surface area contributed by atoms with Crippen LogP contribution in [0.25, 0.3) is 0 Å². The van der Waals surface area contributed by atoms with Crippen molar-refractivity contribution in [3.8, 4) is 17.2 Å². The van der Waals surface area contributed by atoms with Gasteiger partial charge in [-0.25, -0.2) is 9.40 Å². The number of methoxy groups -OCH3 is 1. The van der Waals surface area contributed by atoms with Crippen molar-refractivity contribution < 1.29 is 28.6 Å². The van der Waals surface area contributed by atoms with Crippen LogP contribution in [0.15, 0.2) is 71.8 Å². The van der Waals surface area contributed by atoms with E-state index in [9.17, 15) is 19.1 Å². The Labute approximate surface area is 217 Å². The summed E-state index contributed by atoms with van der Waals surface area (Å²) >= 11 is 1.28. The maximum absolute atomic E-state index is 13.6. The predicted octanol–water partition coefficient (Wildman–Crippen LogP) is 4.45. The normalized spacial score (nSPS) is 16.8. The van der Waals surface area contributed by atoms with Gasteiger partial charge in [0, 0.05) is 17.2 Å². The van der Waals surface area contributed by atoms with Crippen LogP contribution in [-0.4, -0.2) is 46.7 Å². The molecule has 37 heavy (non-hydrogen) atoms. The fourth-order valence-electron chi connectivity index (χ4n) is 3.87. The Morgan fingerprint density at radius 2 is 1.86 bits per heavy atom. The molecule has 1 fully saturated rings. The average molecular weight is 522 g/mol. The largest absolute Gasteiger partial charge is 0.507 e. The SMILES string of the molecule is COc1c(OCC(=O)NC2CC2)cccc1C1SC(c2ccc(F)cc2)=NN1C(=O)c1ccccc1O. The lowest BCUT2D eigenvalue weighted by atomic mass is 10.1. The topological polar surface area (TPSA) is 100 Å². The first-order valence-corrected chi connectivity index (χ1v) is 12.5. The van der Waals surface area contributed by atoms with Gasteiger partial charge in [-0.2, -0.15) is 5.10 Å². The Kier molecular flexibility index (Phi) is 7.00. The van der Waals surface area contributed by atoms with Gasteiger partial charge in [-0.1, -0.05) is 36.0 Å². The highest BCUT2D eigenvalue weighted by Crippen LogP contribution is 2.47. The van der Waals surface area contributed by atoms with Crippen molar-refractivity contribution in [2.75, 3.05) is 13.7 Å². The highest BCUT2D eigenvalue weighted by molar-refractivity contribution is 8.14. The number of phenols is 1. The van der Waals surface area contributed by atoms with Crippen molar-refractivity contribution >= 4 is 28.6 Å². The lowest BCUT2D eigenvalue weighted by Gasteiger charge is -2.24. The number of aromatic hydroxyl groups is 1. The zero-order valence-electron chi connectivity index (χ0n) is 19.9. The lowest BCUT2D eigenvalue weighted by molar-refractivity contribution is -0.123. The van der Waals surface area contributed by atoms with Gasteiger partial charge >= 0.3 is 0 Å². The Balaban J connectivity index is 1.48. The van der Waals surface area contributed by atoms with E-state index >= 15 is 0 Å². The second-order valence-corrected chi connectivity index (χ2v) is 9.63. The summed E-state index contributed by atoms with van der Waals surface area (Å²) in [4.78, 5) is 25.7. The number of phenolic OH excluding ortho intramolecular Hbond substituents is 1. The molecule has 1 unspecified atom stereocenters. The molecule has 0 bridgehead atoms. The minimum Gasteiger partial charge on any atom is -0.507 e. The van der Waals surface area contributed by atoms with E-state index in [1.807, 2.05) is 0 Å². The number of carbonyl (C=O) groups excluding carboxylic acids is 2. The number of rotatable bonds is 8. The molecule has 8 nitrogen and oxygen atoms in total. The summed E-state index contributed by atoms with van der Waals surface area (Å²) in [6, 6.07) is 17.5. The first-order valence-electron chi connectivity index (χ1n) is 11.7. The Hall–Kier alpha value is -4.05. The molecular weight excluding hydrogens is 497 g/mol. The third kappa shape index (κ3) is 5.39. The Bertz CT molecular complexity index is 1360. The molecule has 0 aromatic heterocycles. The molecule has 0 saturated heterocycles. The molecule has 10 heteroatoms. The number of halogens is 1. The number of amides is 2. The first-order chi connectivity index (χ1) is 17.9. The quantitative estimate of drug-likeness (QED) is 0.455. The van der Waals surface area contributed by atoms with Gasteiger partial charge in [0.2, 0.25) is 0 Å². The van der Waals surface area contributed by atoms with Crippen molar-refractivity contribution in [1.29, 1.82) is 0 Å². The van der Waals surface area contributed by atoms with Gasteiger partial charge in [0.05, 0.1) is 12.7 Å². The number of hydrogen-bond donors (Lipinski definition) is 2. The second-order valence-electron chi connectivity index (χ2n) is 8.56. The van der Waals surface area contributed by atoms with E-state index in [1.54, 1.807) is 42.5 Å². The Morgan fingerprint density at radius 3 is 2.57 bits per heavy atom. The molecule has 3 aromatic carbocycles. The summed E-state index contributed by atoms with van der Waals surface area (Å²) in [6.07, 6.45) is 1.95. The molecule has 1 saturated carbocycles. The lowest BCUT2D eigenvalue weighted by Crippen LogP contribution is -2.30. The number of ether oxygens (including phenoxy) is 2. The zero-order chi connectivity index (χ0) is 25.9. The molecule has 1 aliphatic heterocycles. The van der Waals surface area contributed by atoms with Crippen LogP contribution in [0.2, 0.25) is 0 Å². The second kappa shape index (κ2) is 10.5. The van der Waals surface area contributed by atoms with Gasteiger partial charge in [0.15, 0.2) is 18.1 Å². The van der Waals surface area contributed by atoms with E-state index < -0.39 is 11.3 Å². The van der Waals surface area contributed by atoms with Gasteiger partial charge in [-0.3, -0.25) is 9.59 Å². The van der Waals surface area contributed by atoms with Gasteiger partial charge in [0.25, 0.3) is 11.8 Å². The number of nitrogens with one attached hydrogen (secondary N) is 1. The smallest absolute Gasteiger partial charge is 0.279 e. The summed E-state index contributed by atoms with van der Waals surface area (Å²) in [5.41, 5.74) is 1.30. The fraction of sp³-hybridized carbons (Fsp3) is 0.222. The van der Waals surface area contributed by atoms with Crippen LogP contribution in [0.5, 0.6) is 17.2 Å². The molecule has 1 atom stereocenters. The third-order valence-corrected chi connectivity index (χ3v) is 7.08. The maximum Gasteiger partial charge on any atom is 0.279 e. The summed E-state index contributed by atoms with van der Waals surface area (Å²) in [7, 11) is 1.48. The minimum atomic E-state index is -0.689. The van der Waals surface area contributed by atoms with Crippen LogP contribution >= 0.6 is 11.8 Å². The molecule has 2 N–H and O–H groups in total. The van der Waals surface area contributed by atoms with Crippen LogP contribution in [0.1, 0.15) is 39.7 Å². The zero-order valence-corrected chi connectivity index (χ0v) is 20.7. The number of hydrazone groups is 1. The summed E-state index contributed by atoms with van der Waals surface area (Å²) < 4.78 is 25.0. The monoisotopic (exact) mass is 521 g/mol. The Morgan fingerprint density at radius 1 is 1.11 bits per heavy atom. The molecule has 2 amide bonds. The van der Waals surface area contributed by atoms with E-state index in [-0.39, 0.29) is 35.7 Å². The molecule has 0 spiro atoms. The number of para-hydroxylation sites is 2. The first kappa shape index (κ1) is 24.6. The van der Waals surface area contributed by atoms with Crippen LogP contribution in [-0.2, 0) is 4.79 Å². The van der Waals surface area contributed by atoms with Crippen molar-refractivity contribution in [3.63, 3.8) is 0 Å². The molecule has 3 aromatic rings. The third-order valence-electron chi connectivity index (χ3n) is 5.86. The number of thioether (sulfide) groups is 1. The van der Waals surface area contributed by atoms with Crippen LogP contribution in [0.4, 0.5) is 4.39 Å². The molecule has 1 aliphatic carbocycles. The summed E-state index contributed by atoms with van der Waals surface area (Å²) in [5, 5.41) is 18.8. The van der Waals surface area contributed by atoms with E-state index in [1.165, 1.54) is 48.1 Å². The minimum absolute atomic E-state index is 0.0836. The maximum atomic E-state index is 13.6. The van der Waals surface area contributed by atoms with Crippen molar-refractivity contribution in [2.24, 2.45) is 5.10 Å². The molecule has 5 rings (SSSR count). The van der Waals surface area contributed by atoms with Crippen LogP contribution in [0.3, 0.4) is 0 Å². The van der Waals surface area contributed by atoms with Crippen molar-refractivity contribution in [2.45, 2.75) is 24.3 Å². The fourth-order valence-corrected chi connectivity index (χ4v) is 5.05. The highest BCUT2D eigenvalue weighted by Gasteiger charge is 2.37. The summed E-state index contributed by atoms with van der Waals surface area (Å²) in [6.45, 7) is -0.175. The standard InChI is InChI=1S/C27H24FN3O5S/c1-35-24-20(6-4-8-22(24)36-15-23(33)29-18-13-14-18)27-31(26(34)19-5-2-3-7-21(19)32)30-25(37-27)16-9-11-17(28)12-10-16/h2-12,18,27,32H,13-15H2,1H3,(H,29,33). The highest BCUT2D eigenvalue weighted by atomic mass is 32.2. The number of nitrogens with zero attached hydrogens (tertiary/aromatic N) is 2. The van der Waals surface area contributed by atoms with Gasteiger partial charge in [-0.15, -0.1) is 0 Å². The van der Waals surface area contributed by atoms with E-state index in [0.717, 1.165) is 12.8 Å². The van der Waals surface area contributed by atoms with Gasteiger partial charge < -0.3 is 19.9 Å². The van der Waals surface area contributed by atoms with Crippen molar-refractivity contribution in [1.82, 2.24) is 10.3 Å². The van der Waals surface area contributed by atoms with E-state index in [2.05, 4.69) is 10.4 Å². The van der Waals surface area contributed by atoms with E-state index in [0.29, 0.717) is 27.7 Å². The predicted molar refractivity (Wildman–Crippen MR) is 137 cm³/mol. The van der Waals surface area contributed by atoms with Gasteiger partial charge in [0.1, 0.15) is 22.0 Å². The number of benzene rings is 3. The molecular formula is C27H24FN3O5S. The molecule has 0 radical (unpaired) electrons. The van der Waals surface area contributed by atoms with Crippen molar-refractivity contribution in [3.05, 3.63) is 89.2 Å². The average Bonchev–Trinajstić information content (AvgIpc) is 3.61. The molecule has 190 valence electrons. The van der Waals surface area contributed by atoms with Crippen LogP contribution < -0.4 is 14.8 Å². The van der Waals surface area contributed by atoms with Gasteiger partial charge in [-0.05, 0) is 55.3 Å².